The highest BCUT2D eigenvalue weighted by molar-refractivity contribution is 5.98. The van der Waals surface area contributed by atoms with Gasteiger partial charge in [0, 0.05) is 37.5 Å². The molecule has 0 aliphatic carbocycles. The van der Waals surface area contributed by atoms with Crippen molar-refractivity contribution in [2.75, 3.05) is 19.7 Å². The first kappa shape index (κ1) is 18.5. The van der Waals surface area contributed by atoms with Gasteiger partial charge in [-0.1, -0.05) is 0 Å². The average Bonchev–Trinajstić information content (AvgIpc) is 2.60. The van der Waals surface area contributed by atoms with E-state index in [1.165, 1.54) is 0 Å². The summed E-state index contributed by atoms with van der Waals surface area (Å²) >= 11 is 0. The highest BCUT2D eigenvalue weighted by Gasteiger charge is 2.25. The number of likely N-dealkylation sites (tertiary alicyclic amines) is 1. The van der Waals surface area contributed by atoms with Crippen molar-refractivity contribution >= 4 is 11.7 Å². The molecule has 1 aliphatic rings. The summed E-state index contributed by atoms with van der Waals surface area (Å²) in [6.07, 6.45) is 2.57. The molecule has 1 fully saturated rings. The van der Waals surface area contributed by atoms with Crippen LogP contribution in [0.5, 0.6) is 5.75 Å². The van der Waals surface area contributed by atoms with Crippen molar-refractivity contribution in [1.29, 1.82) is 0 Å². The summed E-state index contributed by atoms with van der Waals surface area (Å²) in [5.74, 6) is 1.16. The van der Waals surface area contributed by atoms with Crippen LogP contribution in [0.4, 0.5) is 0 Å². The van der Waals surface area contributed by atoms with Crippen molar-refractivity contribution in [1.82, 2.24) is 4.90 Å². The van der Waals surface area contributed by atoms with Gasteiger partial charge < -0.3 is 15.4 Å². The Morgan fingerprint density at radius 3 is 2.62 bits per heavy atom. The second-order valence-corrected chi connectivity index (χ2v) is 6.48. The number of amides is 1. The fraction of sp³-hybridized carbons (Fsp3) is 0.579. The molecule has 5 heteroatoms. The van der Waals surface area contributed by atoms with E-state index in [4.69, 9.17) is 10.5 Å². The van der Waals surface area contributed by atoms with Crippen molar-refractivity contribution in [3.8, 4) is 5.75 Å². The van der Waals surface area contributed by atoms with Crippen LogP contribution in [0.15, 0.2) is 24.3 Å². The normalized spacial score (nSPS) is 19.0. The standard InChI is InChI=1S/C19H28N2O3/c1-3-24-17-8-6-15(7-9-17)18(22)10-11-19(23)21-12-4-5-16(13-21)14(2)20/h6-9,14,16H,3-5,10-13,20H2,1-2H3. The van der Waals surface area contributed by atoms with Gasteiger partial charge in [0.2, 0.25) is 5.91 Å². The lowest BCUT2D eigenvalue weighted by Gasteiger charge is -2.34. The Bertz CT molecular complexity index is 554. The lowest BCUT2D eigenvalue weighted by molar-refractivity contribution is -0.133. The molecular formula is C19H28N2O3. The Morgan fingerprint density at radius 2 is 2.00 bits per heavy atom. The van der Waals surface area contributed by atoms with Gasteiger partial charge in [0.1, 0.15) is 5.75 Å². The molecule has 2 atom stereocenters. The van der Waals surface area contributed by atoms with Crippen LogP contribution in [-0.4, -0.2) is 42.3 Å². The number of hydrogen-bond acceptors (Lipinski definition) is 4. The SMILES string of the molecule is CCOc1ccc(C(=O)CCC(=O)N2CCCC(C(C)N)C2)cc1. The number of piperidine rings is 1. The first-order chi connectivity index (χ1) is 11.5. The molecule has 2 rings (SSSR count). The molecule has 1 aromatic carbocycles. The lowest BCUT2D eigenvalue weighted by atomic mass is 9.92. The van der Waals surface area contributed by atoms with Crippen LogP contribution in [0, 0.1) is 5.92 Å². The topological polar surface area (TPSA) is 72.6 Å². The quantitative estimate of drug-likeness (QED) is 0.779. The minimum absolute atomic E-state index is 0.00727. The summed E-state index contributed by atoms with van der Waals surface area (Å²) in [6.45, 7) is 6.00. The molecule has 1 aromatic rings. The Hall–Kier alpha value is -1.88. The number of nitrogens with zero attached hydrogens (tertiary/aromatic N) is 1. The van der Waals surface area contributed by atoms with Crippen LogP contribution < -0.4 is 10.5 Å². The number of benzene rings is 1. The third kappa shape index (κ3) is 5.06. The van der Waals surface area contributed by atoms with Gasteiger partial charge in [0.05, 0.1) is 6.61 Å². The van der Waals surface area contributed by atoms with Gasteiger partial charge in [-0.3, -0.25) is 9.59 Å². The molecule has 2 N–H and O–H groups in total. The van der Waals surface area contributed by atoms with Crippen LogP contribution in [0.2, 0.25) is 0 Å². The molecule has 1 amide bonds. The Balaban J connectivity index is 1.83. The van der Waals surface area contributed by atoms with E-state index in [2.05, 4.69) is 0 Å². The molecule has 1 heterocycles. The zero-order chi connectivity index (χ0) is 17.5. The van der Waals surface area contributed by atoms with Gasteiger partial charge in [-0.05, 0) is 56.9 Å². The van der Waals surface area contributed by atoms with E-state index in [9.17, 15) is 9.59 Å². The van der Waals surface area contributed by atoms with Crippen LogP contribution in [0.1, 0.15) is 49.9 Å². The monoisotopic (exact) mass is 332 g/mol. The lowest BCUT2D eigenvalue weighted by Crippen LogP contribution is -2.45. The minimum atomic E-state index is -0.00727. The summed E-state index contributed by atoms with van der Waals surface area (Å²) < 4.78 is 5.37. The highest BCUT2D eigenvalue weighted by atomic mass is 16.5. The molecule has 2 unspecified atom stereocenters. The van der Waals surface area contributed by atoms with Crippen molar-refractivity contribution in [3.63, 3.8) is 0 Å². The van der Waals surface area contributed by atoms with Crippen LogP contribution in [0.25, 0.3) is 0 Å². The maximum atomic E-state index is 12.4. The van der Waals surface area contributed by atoms with Gasteiger partial charge in [0.15, 0.2) is 5.78 Å². The average molecular weight is 332 g/mol. The maximum absolute atomic E-state index is 12.4. The number of Topliss-reactive ketones (excluding diaryl/α,β-unsaturated/α-hetero) is 1. The van der Waals surface area contributed by atoms with Crippen molar-refractivity contribution in [2.45, 2.75) is 45.6 Å². The predicted octanol–water partition coefficient (Wildman–Crippen LogP) is 2.63. The molecule has 1 saturated heterocycles. The van der Waals surface area contributed by atoms with Crippen molar-refractivity contribution < 1.29 is 14.3 Å². The summed E-state index contributed by atoms with van der Waals surface area (Å²) in [4.78, 5) is 26.5. The van der Waals surface area contributed by atoms with E-state index >= 15 is 0 Å². The Labute approximate surface area is 144 Å². The van der Waals surface area contributed by atoms with Gasteiger partial charge in [0.25, 0.3) is 0 Å². The van der Waals surface area contributed by atoms with E-state index < -0.39 is 0 Å². The van der Waals surface area contributed by atoms with Gasteiger partial charge in [-0.15, -0.1) is 0 Å². The molecule has 0 aromatic heterocycles. The van der Waals surface area contributed by atoms with E-state index in [0.717, 1.165) is 25.1 Å². The zero-order valence-electron chi connectivity index (χ0n) is 14.7. The number of nitrogens with two attached hydrogens (primary N) is 1. The first-order valence-electron chi connectivity index (χ1n) is 8.80. The maximum Gasteiger partial charge on any atom is 0.223 e. The number of carbonyl (C=O) groups is 2. The fourth-order valence-electron chi connectivity index (χ4n) is 3.09. The molecule has 0 bridgehead atoms. The summed E-state index contributed by atoms with van der Waals surface area (Å²) in [7, 11) is 0. The number of rotatable bonds is 7. The number of ether oxygens (including phenoxy) is 1. The summed E-state index contributed by atoms with van der Waals surface area (Å²) in [5.41, 5.74) is 6.58. The van der Waals surface area contributed by atoms with Crippen LogP contribution in [-0.2, 0) is 4.79 Å². The second kappa shape index (κ2) is 8.83. The van der Waals surface area contributed by atoms with Gasteiger partial charge in [-0.2, -0.15) is 0 Å². The predicted molar refractivity (Wildman–Crippen MR) is 94.1 cm³/mol. The smallest absolute Gasteiger partial charge is 0.223 e. The largest absolute Gasteiger partial charge is 0.494 e. The zero-order valence-corrected chi connectivity index (χ0v) is 14.7. The van der Waals surface area contributed by atoms with Crippen molar-refractivity contribution in [2.24, 2.45) is 11.7 Å². The molecule has 5 nitrogen and oxygen atoms in total. The molecular weight excluding hydrogens is 304 g/mol. The number of carbonyl (C=O) groups excluding carboxylic acids is 2. The molecule has 1 aliphatic heterocycles. The van der Waals surface area contributed by atoms with E-state index in [1.54, 1.807) is 24.3 Å². The number of ketones is 1. The first-order valence-corrected chi connectivity index (χ1v) is 8.80. The molecule has 0 saturated carbocycles. The third-order valence-electron chi connectivity index (χ3n) is 4.61. The summed E-state index contributed by atoms with van der Waals surface area (Å²) in [6, 6.07) is 7.19. The Kier molecular flexibility index (Phi) is 6.79. The molecule has 24 heavy (non-hydrogen) atoms. The van der Waals surface area contributed by atoms with Gasteiger partial charge >= 0.3 is 0 Å². The molecule has 0 spiro atoms. The second-order valence-electron chi connectivity index (χ2n) is 6.48. The van der Waals surface area contributed by atoms with E-state index in [-0.39, 0.29) is 30.6 Å². The summed E-state index contributed by atoms with van der Waals surface area (Å²) in [5, 5.41) is 0. The van der Waals surface area contributed by atoms with Gasteiger partial charge in [-0.25, -0.2) is 0 Å². The Morgan fingerprint density at radius 1 is 1.29 bits per heavy atom. The van der Waals surface area contributed by atoms with E-state index in [0.29, 0.717) is 24.6 Å². The van der Waals surface area contributed by atoms with Crippen LogP contribution >= 0.6 is 0 Å². The van der Waals surface area contributed by atoms with Crippen molar-refractivity contribution in [3.05, 3.63) is 29.8 Å². The number of hydrogen-bond donors (Lipinski definition) is 1. The molecule has 0 radical (unpaired) electrons. The minimum Gasteiger partial charge on any atom is -0.494 e. The fourth-order valence-corrected chi connectivity index (χ4v) is 3.09. The van der Waals surface area contributed by atoms with E-state index in [1.807, 2.05) is 18.7 Å². The highest BCUT2D eigenvalue weighted by Crippen LogP contribution is 2.20. The van der Waals surface area contributed by atoms with Crippen LogP contribution in [0.3, 0.4) is 0 Å². The third-order valence-corrected chi connectivity index (χ3v) is 4.61. The molecule has 132 valence electrons.